The van der Waals surface area contributed by atoms with Crippen LogP contribution in [-0.4, -0.2) is 29.0 Å². The summed E-state index contributed by atoms with van der Waals surface area (Å²) in [7, 11) is 0. The molecule has 0 radical (unpaired) electrons. The van der Waals surface area contributed by atoms with Gasteiger partial charge in [-0.25, -0.2) is 9.98 Å². The summed E-state index contributed by atoms with van der Waals surface area (Å²) in [6, 6.07) is 9.55. The zero-order chi connectivity index (χ0) is 19.2. The third kappa shape index (κ3) is 4.73. The van der Waals surface area contributed by atoms with Crippen molar-refractivity contribution in [2.45, 2.75) is 45.6 Å². The highest BCUT2D eigenvalue weighted by atomic mass is 16.2. The van der Waals surface area contributed by atoms with Crippen molar-refractivity contribution in [3.05, 3.63) is 46.9 Å². The monoisotopic (exact) mass is 364 g/mol. The Hall–Kier alpha value is -3.14. The van der Waals surface area contributed by atoms with Crippen LogP contribution in [0.2, 0.25) is 0 Å². The molecule has 1 fully saturated rings. The highest BCUT2D eigenvalue weighted by molar-refractivity contribution is 6.02. The number of nitriles is 1. The van der Waals surface area contributed by atoms with Gasteiger partial charge in [-0.05, 0) is 24.1 Å². The number of nitrogens with two attached hydrogens (primary N) is 1. The summed E-state index contributed by atoms with van der Waals surface area (Å²) >= 11 is 0. The van der Waals surface area contributed by atoms with Crippen LogP contribution in [0, 0.1) is 11.3 Å². The molecular formula is C20H24N6O. The summed E-state index contributed by atoms with van der Waals surface area (Å²) in [6.07, 6.45) is 4.44. The predicted octanol–water partition coefficient (Wildman–Crippen LogP) is 2.40. The number of hydrogen-bond donors (Lipinski definition) is 2. The molecule has 3 N–H and O–H groups in total. The Bertz CT molecular complexity index is 861. The maximum Gasteiger partial charge on any atom is 0.243 e. The lowest BCUT2D eigenvalue weighted by molar-refractivity contribution is -0.120. The number of rotatable bonds is 6. The van der Waals surface area contributed by atoms with E-state index in [1.165, 1.54) is 0 Å². The first-order valence-corrected chi connectivity index (χ1v) is 9.26. The van der Waals surface area contributed by atoms with Crippen molar-refractivity contribution in [2.75, 3.05) is 6.54 Å². The van der Waals surface area contributed by atoms with Gasteiger partial charge in [0.1, 0.15) is 17.5 Å². The summed E-state index contributed by atoms with van der Waals surface area (Å²) in [4.78, 5) is 23.4. The van der Waals surface area contributed by atoms with E-state index in [0.717, 1.165) is 37.1 Å². The van der Waals surface area contributed by atoms with Crippen LogP contribution in [0.25, 0.3) is 0 Å². The van der Waals surface area contributed by atoms with Crippen molar-refractivity contribution in [3.8, 4) is 6.07 Å². The third-order valence-corrected chi connectivity index (χ3v) is 4.57. The molecule has 0 aliphatic carbocycles. The smallest absolute Gasteiger partial charge is 0.243 e. The number of nitrogens with one attached hydrogen (secondary N) is 1. The number of unbranched alkanes of at least 4 members (excludes halogenated alkanes) is 2. The van der Waals surface area contributed by atoms with E-state index >= 15 is 0 Å². The summed E-state index contributed by atoms with van der Waals surface area (Å²) in [5, 5.41) is 12.0. The molecule has 0 spiro atoms. The molecule has 0 saturated carbocycles. The van der Waals surface area contributed by atoms with Gasteiger partial charge < -0.3 is 16.0 Å². The number of hydrogen-bond acceptors (Lipinski definition) is 6. The number of benzene rings is 1. The van der Waals surface area contributed by atoms with Crippen molar-refractivity contribution in [3.63, 3.8) is 0 Å². The van der Waals surface area contributed by atoms with Gasteiger partial charge in [0.25, 0.3) is 0 Å². The van der Waals surface area contributed by atoms with Crippen molar-refractivity contribution >= 4 is 17.6 Å². The van der Waals surface area contributed by atoms with Crippen LogP contribution < -0.4 is 11.1 Å². The lowest BCUT2D eigenvalue weighted by Gasteiger charge is -2.23. The number of carbonyl (C=O) groups is 1. The van der Waals surface area contributed by atoms with Gasteiger partial charge in [0.2, 0.25) is 5.91 Å². The third-order valence-electron chi connectivity index (χ3n) is 4.57. The Labute approximate surface area is 159 Å². The molecule has 7 heteroatoms. The Morgan fingerprint density at radius 1 is 1.33 bits per heavy atom. The Morgan fingerprint density at radius 2 is 2.19 bits per heavy atom. The summed E-state index contributed by atoms with van der Waals surface area (Å²) in [5.41, 5.74) is 8.26. The lowest BCUT2D eigenvalue weighted by Crippen LogP contribution is -2.36. The second-order valence-corrected chi connectivity index (χ2v) is 6.77. The molecule has 140 valence electrons. The van der Waals surface area contributed by atoms with Crippen LogP contribution in [0.4, 0.5) is 0 Å². The average Bonchev–Trinajstić information content (AvgIpc) is 2.90. The fourth-order valence-corrected chi connectivity index (χ4v) is 3.18. The maximum atomic E-state index is 12.3. The molecule has 2 heterocycles. The number of nitrogens with zero attached hydrogens (tertiary/aromatic N) is 4. The standard InChI is InChI=1S/C20H24N6O/c1-2-3-4-8-17-24-18-10-16(20(22)25-17)23-19(27)13-26(18)12-15-7-5-6-14(9-15)11-21/h5-7,9H,2-4,8,10,12-13,22H2,1H3,(H,23,27). The molecule has 1 amide bonds. The quantitative estimate of drug-likeness (QED) is 0.756. The summed E-state index contributed by atoms with van der Waals surface area (Å²) in [5.74, 6) is 1.68. The molecule has 1 aromatic rings. The van der Waals surface area contributed by atoms with E-state index in [0.29, 0.717) is 35.9 Å². The predicted molar refractivity (Wildman–Crippen MR) is 105 cm³/mol. The highest BCUT2D eigenvalue weighted by Gasteiger charge is 2.26. The van der Waals surface area contributed by atoms with Gasteiger partial charge in [0.05, 0.1) is 23.9 Å². The van der Waals surface area contributed by atoms with Crippen LogP contribution >= 0.6 is 0 Å². The molecule has 7 nitrogen and oxygen atoms in total. The van der Waals surface area contributed by atoms with Gasteiger partial charge >= 0.3 is 0 Å². The zero-order valence-electron chi connectivity index (χ0n) is 15.5. The first-order valence-electron chi connectivity index (χ1n) is 9.26. The number of aliphatic imine (C=N–C) groups is 2. The normalized spacial score (nSPS) is 16.7. The minimum Gasteiger partial charge on any atom is -0.382 e. The topological polar surface area (TPSA) is 107 Å². The first kappa shape index (κ1) is 18.6. The molecule has 1 aromatic carbocycles. The molecule has 2 aliphatic rings. The molecule has 2 aliphatic heterocycles. The van der Waals surface area contributed by atoms with Crippen LogP contribution in [0.1, 0.15) is 50.2 Å². The van der Waals surface area contributed by atoms with Gasteiger partial charge in [0, 0.05) is 19.4 Å². The van der Waals surface area contributed by atoms with Gasteiger partial charge in [0.15, 0.2) is 0 Å². The Kier molecular flexibility index (Phi) is 5.87. The fraction of sp³-hybridized carbons (Fsp3) is 0.400. The van der Waals surface area contributed by atoms with E-state index in [1.54, 1.807) is 6.07 Å². The average molecular weight is 364 g/mol. The summed E-state index contributed by atoms with van der Waals surface area (Å²) < 4.78 is 0. The zero-order valence-corrected chi connectivity index (χ0v) is 15.5. The van der Waals surface area contributed by atoms with Crippen LogP contribution in [-0.2, 0) is 11.3 Å². The van der Waals surface area contributed by atoms with E-state index < -0.39 is 0 Å². The maximum absolute atomic E-state index is 12.3. The second-order valence-electron chi connectivity index (χ2n) is 6.77. The van der Waals surface area contributed by atoms with Crippen molar-refractivity contribution in [1.29, 1.82) is 5.26 Å². The lowest BCUT2D eigenvalue weighted by atomic mass is 10.1. The SMILES string of the molecule is CCCCCC1=NC(N)=C2CC(=N1)N(Cc1cccc(C#N)c1)CC(=O)N2. The first-order chi connectivity index (χ1) is 13.1. The second kappa shape index (κ2) is 8.49. The van der Waals surface area contributed by atoms with E-state index in [-0.39, 0.29) is 12.5 Å². The molecule has 1 saturated heterocycles. The fourth-order valence-electron chi connectivity index (χ4n) is 3.18. The minimum absolute atomic E-state index is 0.140. The van der Waals surface area contributed by atoms with Crippen molar-refractivity contribution < 1.29 is 4.79 Å². The van der Waals surface area contributed by atoms with Crippen LogP contribution in [0.5, 0.6) is 0 Å². The molecule has 27 heavy (non-hydrogen) atoms. The van der Waals surface area contributed by atoms with Crippen LogP contribution in [0.3, 0.4) is 0 Å². The minimum atomic E-state index is -0.140. The van der Waals surface area contributed by atoms with Crippen molar-refractivity contribution in [2.24, 2.45) is 15.7 Å². The largest absolute Gasteiger partial charge is 0.382 e. The van der Waals surface area contributed by atoms with Gasteiger partial charge in [-0.1, -0.05) is 31.9 Å². The Morgan fingerprint density at radius 3 is 2.96 bits per heavy atom. The van der Waals surface area contributed by atoms with E-state index in [9.17, 15) is 4.79 Å². The number of amidine groups is 2. The van der Waals surface area contributed by atoms with Crippen molar-refractivity contribution in [1.82, 2.24) is 10.2 Å². The highest BCUT2D eigenvalue weighted by Crippen LogP contribution is 2.19. The van der Waals surface area contributed by atoms with Gasteiger partial charge in [-0.15, -0.1) is 0 Å². The Balaban J connectivity index is 1.89. The van der Waals surface area contributed by atoms with E-state index in [2.05, 4.69) is 23.3 Å². The molecule has 2 bridgehead atoms. The molecule has 0 unspecified atom stereocenters. The van der Waals surface area contributed by atoms with Crippen LogP contribution in [0.15, 0.2) is 45.8 Å². The number of fused-ring (bicyclic) bond motifs is 2. The van der Waals surface area contributed by atoms with E-state index in [4.69, 9.17) is 16.0 Å². The van der Waals surface area contributed by atoms with E-state index in [1.807, 2.05) is 23.1 Å². The molecule has 3 rings (SSSR count). The molecular weight excluding hydrogens is 340 g/mol. The van der Waals surface area contributed by atoms with Gasteiger partial charge in [-0.3, -0.25) is 4.79 Å². The van der Waals surface area contributed by atoms with Gasteiger partial charge in [-0.2, -0.15) is 5.26 Å². The number of amides is 1. The molecule has 0 atom stereocenters. The molecule has 0 aromatic heterocycles. The number of carbonyl (C=O) groups excluding carboxylic acids is 1. The summed E-state index contributed by atoms with van der Waals surface area (Å²) in [6.45, 7) is 2.84.